The van der Waals surface area contributed by atoms with Crippen molar-refractivity contribution in [1.82, 2.24) is 15.6 Å². The molecule has 180 valence electrons. The summed E-state index contributed by atoms with van der Waals surface area (Å²) in [5.41, 5.74) is 1.26. The Morgan fingerprint density at radius 2 is 1.82 bits per heavy atom. The zero-order valence-corrected chi connectivity index (χ0v) is 19.4. The number of fused-ring (bicyclic) bond motifs is 1. The van der Waals surface area contributed by atoms with Crippen LogP contribution in [0.3, 0.4) is 0 Å². The molecule has 34 heavy (non-hydrogen) atoms. The molecule has 1 saturated carbocycles. The van der Waals surface area contributed by atoms with Crippen LogP contribution in [0, 0.1) is 5.92 Å². The minimum atomic E-state index is -4.52. The summed E-state index contributed by atoms with van der Waals surface area (Å²) in [5.74, 6) is -0.0442. The zero-order valence-electron chi connectivity index (χ0n) is 18.7. The first-order valence-electron chi connectivity index (χ1n) is 11.5. The summed E-state index contributed by atoms with van der Waals surface area (Å²) in [6.45, 7) is 1.76. The number of carbonyl (C=O) groups excluding carboxylic acids is 1. The minimum Gasteiger partial charge on any atom is -0.349 e. The van der Waals surface area contributed by atoms with Gasteiger partial charge >= 0.3 is 6.18 Å². The Kier molecular flexibility index (Phi) is 7.73. The molecule has 1 amide bonds. The molecule has 2 N–H and O–H groups in total. The summed E-state index contributed by atoms with van der Waals surface area (Å²) < 4.78 is 38.9. The molecule has 1 aromatic heterocycles. The van der Waals surface area contributed by atoms with Crippen molar-refractivity contribution in [2.45, 2.75) is 44.3 Å². The summed E-state index contributed by atoms with van der Waals surface area (Å²) in [6, 6.07) is 13.0. The van der Waals surface area contributed by atoms with Gasteiger partial charge in [0.25, 0.3) is 5.91 Å². The average Bonchev–Trinajstić information content (AvgIpc) is 2.82. The minimum absolute atomic E-state index is 0.0183. The van der Waals surface area contributed by atoms with Gasteiger partial charge in [-0.2, -0.15) is 13.2 Å². The smallest absolute Gasteiger partial charge is 0.349 e. The molecule has 3 aromatic rings. The van der Waals surface area contributed by atoms with Gasteiger partial charge in [0.1, 0.15) is 0 Å². The summed E-state index contributed by atoms with van der Waals surface area (Å²) in [5, 5.41) is 7.56. The van der Waals surface area contributed by atoms with E-state index in [1.807, 2.05) is 12.3 Å². The normalized spacial score (nSPS) is 18.7. The molecule has 4 nitrogen and oxygen atoms in total. The third-order valence-electron chi connectivity index (χ3n) is 6.44. The monoisotopic (exact) mass is 489 g/mol. The quantitative estimate of drug-likeness (QED) is 0.398. The van der Waals surface area contributed by atoms with Crippen molar-refractivity contribution in [3.05, 3.63) is 76.4 Å². The summed E-state index contributed by atoms with van der Waals surface area (Å²) >= 11 is 5.99. The predicted molar refractivity (Wildman–Crippen MR) is 128 cm³/mol. The highest BCUT2D eigenvalue weighted by Crippen LogP contribution is 2.32. The second-order valence-electron chi connectivity index (χ2n) is 8.83. The van der Waals surface area contributed by atoms with E-state index in [4.69, 9.17) is 11.6 Å². The molecule has 0 radical (unpaired) electrons. The van der Waals surface area contributed by atoms with E-state index in [0.717, 1.165) is 74.3 Å². The Balaban J connectivity index is 1.21. The molecular weight excluding hydrogens is 463 g/mol. The van der Waals surface area contributed by atoms with Gasteiger partial charge in [-0.3, -0.25) is 9.78 Å². The summed E-state index contributed by atoms with van der Waals surface area (Å²) in [4.78, 5) is 17.1. The number of pyridine rings is 1. The fourth-order valence-electron chi connectivity index (χ4n) is 4.55. The molecule has 1 aliphatic carbocycles. The largest absolute Gasteiger partial charge is 0.416 e. The molecule has 0 spiro atoms. The van der Waals surface area contributed by atoms with Gasteiger partial charge in [0.05, 0.1) is 21.7 Å². The van der Waals surface area contributed by atoms with Gasteiger partial charge in [-0.1, -0.05) is 35.9 Å². The van der Waals surface area contributed by atoms with Crippen LogP contribution in [0.4, 0.5) is 13.2 Å². The Bertz CT molecular complexity index is 1140. The molecule has 1 heterocycles. The van der Waals surface area contributed by atoms with Crippen molar-refractivity contribution in [2.24, 2.45) is 5.92 Å². The highest BCUT2D eigenvalue weighted by atomic mass is 35.5. The number of carbonyl (C=O) groups is 1. The first-order valence-corrected chi connectivity index (χ1v) is 11.9. The molecule has 0 saturated heterocycles. The Hall–Kier alpha value is -2.64. The SMILES string of the molecule is O=C(N[C@H]1CC[C@H](CNCCc2cccc3cccnc23)CC1)c1cc(C(F)(F)F)ccc1Cl. The number of halogens is 4. The van der Waals surface area contributed by atoms with Gasteiger partial charge < -0.3 is 10.6 Å². The Labute approximate surface area is 201 Å². The van der Waals surface area contributed by atoms with Crippen LogP contribution >= 0.6 is 11.6 Å². The van der Waals surface area contributed by atoms with Crippen LogP contribution < -0.4 is 10.6 Å². The fraction of sp³-hybridized carbons (Fsp3) is 0.385. The van der Waals surface area contributed by atoms with E-state index in [1.165, 1.54) is 5.56 Å². The third kappa shape index (κ3) is 6.07. The van der Waals surface area contributed by atoms with Crippen molar-refractivity contribution in [3.63, 3.8) is 0 Å². The van der Waals surface area contributed by atoms with Crippen molar-refractivity contribution >= 4 is 28.4 Å². The topological polar surface area (TPSA) is 54.0 Å². The highest BCUT2D eigenvalue weighted by Gasteiger charge is 2.32. The highest BCUT2D eigenvalue weighted by molar-refractivity contribution is 6.33. The van der Waals surface area contributed by atoms with Crippen molar-refractivity contribution in [2.75, 3.05) is 13.1 Å². The maximum Gasteiger partial charge on any atom is 0.416 e. The average molecular weight is 490 g/mol. The van der Waals surface area contributed by atoms with E-state index in [1.54, 1.807) is 0 Å². The molecule has 8 heteroatoms. The lowest BCUT2D eigenvalue weighted by atomic mass is 9.86. The van der Waals surface area contributed by atoms with Crippen LogP contribution in [0.25, 0.3) is 10.9 Å². The molecule has 0 aliphatic heterocycles. The molecule has 1 aliphatic rings. The van der Waals surface area contributed by atoms with Crippen LogP contribution in [0.5, 0.6) is 0 Å². The molecule has 0 unspecified atom stereocenters. The lowest BCUT2D eigenvalue weighted by molar-refractivity contribution is -0.137. The number of hydrogen-bond acceptors (Lipinski definition) is 3. The Morgan fingerprint density at radius 3 is 2.59 bits per heavy atom. The fourth-order valence-corrected chi connectivity index (χ4v) is 4.75. The molecular formula is C26H27ClF3N3O. The summed E-state index contributed by atoms with van der Waals surface area (Å²) in [7, 11) is 0. The maximum atomic E-state index is 13.0. The predicted octanol–water partition coefficient (Wildman–Crippen LogP) is 6.03. The van der Waals surface area contributed by atoms with E-state index in [2.05, 4.69) is 39.9 Å². The van der Waals surface area contributed by atoms with Crippen molar-refractivity contribution < 1.29 is 18.0 Å². The number of hydrogen-bond donors (Lipinski definition) is 2. The number of aromatic nitrogens is 1. The maximum absolute atomic E-state index is 13.0. The first kappa shape index (κ1) is 24.5. The molecule has 0 atom stereocenters. The van der Waals surface area contributed by atoms with E-state index in [0.29, 0.717) is 5.92 Å². The number of rotatable bonds is 7. The number of alkyl halides is 3. The third-order valence-corrected chi connectivity index (χ3v) is 6.77. The van der Waals surface area contributed by atoms with Crippen LogP contribution in [-0.2, 0) is 12.6 Å². The van der Waals surface area contributed by atoms with Gasteiger partial charge in [0.15, 0.2) is 0 Å². The van der Waals surface area contributed by atoms with Gasteiger partial charge in [-0.25, -0.2) is 0 Å². The summed E-state index contributed by atoms with van der Waals surface area (Å²) in [6.07, 6.45) is 1.68. The zero-order chi connectivity index (χ0) is 24.1. The Morgan fingerprint density at radius 1 is 1.06 bits per heavy atom. The van der Waals surface area contributed by atoms with Gasteiger partial charge in [-0.15, -0.1) is 0 Å². The van der Waals surface area contributed by atoms with Crippen LogP contribution in [0.1, 0.15) is 47.2 Å². The van der Waals surface area contributed by atoms with Crippen LogP contribution in [-0.4, -0.2) is 30.0 Å². The lowest BCUT2D eigenvalue weighted by Gasteiger charge is -2.29. The molecule has 2 aromatic carbocycles. The molecule has 1 fully saturated rings. The number of amides is 1. The standard InChI is InChI=1S/C26H27ClF3N3O/c27-23-11-8-20(26(28,29)30)15-22(23)25(34)33-21-9-6-17(7-10-21)16-31-14-12-19-4-1-3-18-5-2-13-32-24(18)19/h1-5,8,11,13,15,17,21,31H,6-7,9-10,12,14,16H2,(H,33,34)/t17-,21-. The van der Waals surface area contributed by atoms with E-state index in [-0.39, 0.29) is 16.6 Å². The van der Waals surface area contributed by atoms with Gasteiger partial charge in [0, 0.05) is 17.6 Å². The number of para-hydroxylation sites is 1. The van der Waals surface area contributed by atoms with Gasteiger partial charge in [0.2, 0.25) is 0 Å². The first-order chi connectivity index (χ1) is 16.3. The van der Waals surface area contributed by atoms with E-state index < -0.39 is 17.6 Å². The lowest BCUT2D eigenvalue weighted by Crippen LogP contribution is -2.39. The van der Waals surface area contributed by atoms with E-state index in [9.17, 15) is 18.0 Å². The number of nitrogens with zero attached hydrogens (tertiary/aromatic N) is 1. The van der Waals surface area contributed by atoms with Crippen molar-refractivity contribution in [1.29, 1.82) is 0 Å². The van der Waals surface area contributed by atoms with Crippen molar-refractivity contribution in [3.8, 4) is 0 Å². The van der Waals surface area contributed by atoms with Crippen LogP contribution in [0.15, 0.2) is 54.7 Å². The number of nitrogens with one attached hydrogen (secondary N) is 2. The van der Waals surface area contributed by atoms with Gasteiger partial charge in [-0.05, 0) is 80.9 Å². The van der Waals surface area contributed by atoms with E-state index >= 15 is 0 Å². The second kappa shape index (κ2) is 10.7. The molecule has 0 bridgehead atoms. The molecule has 4 rings (SSSR count). The second-order valence-corrected chi connectivity index (χ2v) is 9.24. The number of benzene rings is 2. The van der Waals surface area contributed by atoms with Crippen LogP contribution in [0.2, 0.25) is 5.02 Å².